The molecule has 0 unspecified atom stereocenters. The van der Waals surface area contributed by atoms with Gasteiger partial charge in [0.2, 0.25) is 0 Å². The minimum atomic E-state index is 0.463. The van der Waals surface area contributed by atoms with E-state index in [4.69, 9.17) is 16.3 Å². The molecule has 0 saturated heterocycles. The summed E-state index contributed by atoms with van der Waals surface area (Å²) in [6.45, 7) is 4.46. The molecule has 0 spiro atoms. The number of nitrogens with zero attached hydrogens (tertiary/aromatic N) is 1. The monoisotopic (exact) mass is 296 g/mol. The van der Waals surface area contributed by atoms with E-state index >= 15 is 0 Å². The molecule has 0 aliphatic rings. The summed E-state index contributed by atoms with van der Waals surface area (Å²) in [4.78, 5) is 4.17. The van der Waals surface area contributed by atoms with Crippen molar-refractivity contribution in [2.24, 2.45) is 0 Å². The van der Waals surface area contributed by atoms with Crippen molar-refractivity contribution in [3.63, 3.8) is 0 Å². The van der Waals surface area contributed by atoms with Gasteiger partial charge in [0.15, 0.2) is 0 Å². The first kappa shape index (κ1) is 14.3. The molecule has 0 bridgehead atoms. The van der Waals surface area contributed by atoms with E-state index in [9.17, 15) is 0 Å². The van der Waals surface area contributed by atoms with Crippen LogP contribution in [-0.2, 0) is 13.2 Å². The summed E-state index contributed by atoms with van der Waals surface area (Å²) in [5, 5.41) is 6.87. The molecule has 5 heteroatoms. The number of halogens is 1. The van der Waals surface area contributed by atoms with E-state index in [1.54, 1.807) is 17.5 Å². The van der Waals surface area contributed by atoms with Gasteiger partial charge in [-0.3, -0.25) is 0 Å². The fraction of sp³-hybridized carbons (Fsp3) is 0.357. The molecule has 1 aromatic heterocycles. The maximum Gasteiger partial charge on any atom is 0.140 e. The van der Waals surface area contributed by atoms with Gasteiger partial charge < -0.3 is 10.1 Å². The summed E-state index contributed by atoms with van der Waals surface area (Å²) >= 11 is 7.79. The van der Waals surface area contributed by atoms with Gasteiger partial charge in [-0.25, -0.2) is 4.98 Å². The third-order valence-corrected chi connectivity index (χ3v) is 3.64. The second-order valence-corrected chi connectivity index (χ2v) is 5.54. The lowest BCUT2D eigenvalue weighted by atomic mass is 10.2. The lowest BCUT2D eigenvalue weighted by Crippen LogP contribution is -2.13. The third-order valence-electron chi connectivity index (χ3n) is 2.59. The number of thiazole rings is 1. The van der Waals surface area contributed by atoms with Gasteiger partial charge in [-0.1, -0.05) is 24.6 Å². The second kappa shape index (κ2) is 7.48. The molecule has 0 aliphatic heterocycles. The largest absolute Gasteiger partial charge is 0.485 e. The van der Waals surface area contributed by atoms with Crippen LogP contribution in [0.3, 0.4) is 0 Å². The maximum atomic E-state index is 6.21. The van der Waals surface area contributed by atoms with Crippen LogP contribution in [0.25, 0.3) is 0 Å². The fourth-order valence-corrected chi connectivity index (χ4v) is 2.43. The number of hydrogen-bond acceptors (Lipinski definition) is 4. The van der Waals surface area contributed by atoms with Crippen LogP contribution < -0.4 is 10.1 Å². The van der Waals surface area contributed by atoms with E-state index in [1.807, 2.05) is 23.6 Å². The van der Waals surface area contributed by atoms with E-state index < -0.39 is 0 Å². The van der Waals surface area contributed by atoms with Crippen LogP contribution in [0, 0.1) is 0 Å². The highest BCUT2D eigenvalue weighted by Crippen LogP contribution is 2.26. The van der Waals surface area contributed by atoms with Crippen LogP contribution in [-0.4, -0.2) is 11.5 Å². The number of rotatable bonds is 7. The Hall–Kier alpha value is -1.10. The van der Waals surface area contributed by atoms with Crippen LogP contribution in [0.5, 0.6) is 5.75 Å². The first-order chi connectivity index (χ1) is 9.29. The first-order valence-corrected chi connectivity index (χ1v) is 7.55. The molecule has 19 heavy (non-hydrogen) atoms. The minimum absolute atomic E-state index is 0.463. The number of hydrogen-bond donors (Lipinski definition) is 1. The molecule has 2 aromatic rings. The zero-order chi connectivity index (χ0) is 13.5. The zero-order valence-corrected chi connectivity index (χ0v) is 12.4. The van der Waals surface area contributed by atoms with Crippen LogP contribution in [0.1, 0.15) is 23.9 Å². The van der Waals surface area contributed by atoms with Gasteiger partial charge in [-0.05, 0) is 30.7 Å². The predicted molar refractivity (Wildman–Crippen MR) is 79.9 cm³/mol. The lowest BCUT2D eigenvalue weighted by Gasteiger charge is -2.09. The smallest absolute Gasteiger partial charge is 0.140 e. The summed E-state index contributed by atoms with van der Waals surface area (Å²) in [5.41, 5.74) is 1.17. The third kappa shape index (κ3) is 4.49. The van der Waals surface area contributed by atoms with Crippen molar-refractivity contribution in [1.29, 1.82) is 0 Å². The summed E-state index contributed by atoms with van der Waals surface area (Å²) in [5.74, 6) is 0.705. The zero-order valence-electron chi connectivity index (χ0n) is 10.9. The Kier molecular flexibility index (Phi) is 5.63. The summed E-state index contributed by atoms with van der Waals surface area (Å²) in [7, 11) is 0. The number of nitrogens with one attached hydrogen (secondary N) is 1. The Labute approximate surface area is 122 Å². The average molecular weight is 297 g/mol. The number of aromatic nitrogens is 1. The molecule has 1 N–H and O–H groups in total. The topological polar surface area (TPSA) is 34.1 Å². The maximum absolute atomic E-state index is 6.21. The SMILES string of the molecule is CCCNCc1ccc(OCc2nccs2)c(Cl)c1. The van der Waals surface area contributed by atoms with Gasteiger partial charge in [-0.2, -0.15) is 0 Å². The van der Waals surface area contributed by atoms with E-state index in [0.29, 0.717) is 17.4 Å². The van der Waals surface area contributed by atoms with E-state index in [1.165, 1.54) is 5.56 Å². The lowest BCUT2D eigenvalue weighted by molar-refractivity contribution is 0.305. The first-order valence-electron chi connectivity index (χ1n) is 6.30. The van der Waals surface area contributed by atoms with Crippen LogP contribution in [0.15, 0.2) is 29.8 Å². The molecule has 0 aliphatic carbocycles. The summed E-state index contributed by atoms with van der Waals surface area (Å²) in [6.07, 6.45) is 2.90. The normalized spacial score (nSPS) is 10.6. The Balaban J connectivity index is 1.91. The molecule has 0 fully saturated rings. The van der Waals surface area contributed by atoms with E-state index in [0.717, 1.165) is 24.5 Å². The highest BCUT2D eigenvalue weighted by atomic mass is 35.5. The fourth-order valence-electron chi connectivity index (χ4n) is 1.64. The molecule has 2 rings (SSSR count). The molecule has 0 atom stereocenters. The van der Waals surface area contributed by atoms with Gasteiger partial charge in [0.05, 0.1) is 5.02 Å². The standard InChI is InChI=1S/C14H17ClN2OS/c1-2-5-16-9-11-3-4-13(12(15)8-11)18-10-14-17-6-7-19-14/h3-4,6-8,16H,2,5,9-10H2,1H3. The molecule has 0 amide bonds. The van der Waals surface area contributed by atoms with E-state index in [2.05, 4.69) is 17.2 Å². The predicted octanol–water partition coefficient (Wildman–Crippen LogP) is 3.88. The quantitative estimate of drug-likeness (QED) is 0.788. The number of ether oxygens (including phenoxy) is 1. The van der Waals surface area contributed by atoms with Crippen molar-refractivity contribution in [1.82, 2.24) is 10.3 Å². The molecular formula is C14H17ClN2OS. The Bertz CT molecular complexity index is 502. The van der Waals surface area contributed by atoms with E-state index in [-0.39, 0.29) is 0 Å². The van der Waals surface area contributed by atoms with Gasteiger partial charge in [0, 0.05) is 18.1 Å². The van der Waals surface area contributed by atoms with Crippen molar-refractivity contribution in [3.05, 3.63) is 45.4 Å². The van der Waals surface area contributed by atoms with Crippen molar-refractivity contribution < 1.29 is 4.74 Å². The Morgan fingerprint density at radius 2 is 2.32 bits per heavy atom. The van der Waals surface area contributed by atoms with Crippen LogP contribution in [0.2, 0.25) is 5.02 Å². The molecule has 1 heterocycles. The van der Waals surface area contributed by atoms with Crippen molar-refractivity contribution >= 4 is 22.9 Å². The highest BCUT2D eigenvalue weighted by Gasteiger charge is 2.04. The van der Waals surface area contributed by atoms with Gasteiger partial charge in [-0.15, -0.1) is 11.3 Å². The second-order valence-electron chi connectivity index (χ2n) is 4.16. The summed E-state index contributed by atoms with van der Waals surface area (Å²) in [6, 6.07) is 5.89. The molecular weight excluding hydrogens is 280 g/mol. The Morgan fingerprint density at radius 1 is 1.42 bits per heavy atom. The van der Waals surface area contributed by atoms with Crippen molar-refractivity contribution in [2.45, 2.75) is 26.5 Å². The molecule has 1 aromatic carbocycles. The summed E-state index contributed by atoms with van der Waals surface area (Å²) < 4.78 is 5.66. The van der Waals surface area contributed by atoms with Crippen molar-refractivity contribution in [2.75, 3.05) is 6.54 Å². The molecule has 3 nitrogen and oxygen atoms in total. The molecule has 0 radical (unpaired) electrons. The molecule has 0 saturated carbocycles. The highest BCUT2D eigenvalue weighted by molar-refractivity contribution is 7.09. The average Bonchev–Trinajstić information content (AvgIpc) is 2.91. The Morgan fingerprint density at radius 3 is 3.00 bits per heavy atom. The van der Waals surface area contributed by atoms with Crippen LogP contribution >= 0.6 is 22.9 Å². The van der Waals surface area contributed by atoms with Crippen molar-refractivity contribution in [3.8, 4) is 5.75 Å². The van der Waals surface area contributed by atoms with Gasteiger partial charge >= 0.3 is 0 Å². The minimum Gasteiger partial charge on any atom is -0.485 e. The van der Waals surface area contributed by atoms with Gasteiger partial charge in [0.1, 0.15) is 17.4 Å². The van der Waals surface area contributed by atoms with Crippen LogP contribution in [0.4, 0.5) is 0 Å². The van der Waals surface area contributed by atoms with Gasteiger partial charge in [0.25, 0.3) is 0 Å². The molecule has 102 valence electrons. The number of benzene rings is 1.